The van der Waals surface area contributed by atoms with Crippen molar-refractivity contribution in [2.45, 2.75) is 114 Å². The number of nitrogens with zero attached hydrogens (tertiary/aromatic N) is 2. The van der Waals surface area contributed by atoms with Crippen LogP contribution in [0.25, 0.3) is 98.4 Å². The molecule has 11 aromatic rings. The molecule has 0 N–H and O–H groups in total. The topological polar surface area (TPSA) is 43.0 Å². The molecule has 21 rings (SSSR count). The molecule has 0 unspecified atom stereocenters. The molecule has 7 aromatic carbocycles. The Labute approximate surface area is 420 Å². The van der Waals surface area contributed by atoms with Gasteiger partial charge in [-0.15, -0.1) is 0 Å². The van der Waals surface area contributed by atoms with Gasteiger partial charge in [-0.05, 0) is 228 Å². The summed E-state index contributed by atoms with van der Waals surface area (Å²) in [4.78, 5) is 30.0. The molecule has 0 saturated heterocycles. The number of benzene rings is 7. The van der Waals surface area contributed by atoms with Crippen LogP contribution < -0.4 is 0 Å². The lowest BCUT2D eigenvalue weighted by atomic mass is 9.73. The zero-order valence-electron chi connectivity index (χ0n) is 56.3. The highest BCUT2D eigenvalue weighted by atomic mass is 16.1. The van der Waals surface area contributed by atoms with E-state index in [0.29, 0.717) is 11.1 Å². The SMILES string of the molecule is [2H]C12CCC([2H])(CC1)c1cc3c4c5c6c(c7c8cc9c(cc8n(c3cc1C2=O)c47)c1c2c3c(c4c7cc8c(cc7n9c41)C(=O)C1([2H])CCC8([2H])CC1)C([2H])([2H])C([2H])([2H])c1cccc(c1-3)C([2H])([2H])C2([2H])[2H])C([2H])([2H])C([2H])([2H])c1cccc(c1-6)C([2H])([2H])C5([2H])[2H]. The van der Waals surface area contributed by atoms with Crippen LogP contribution in [0.1, 0.15) is 167 Å². The normalized spacial score (nSPS) is 37.6. The van der Waals surface area contributed by atoms with Crippen LogP contribution >= 0.6 is 0 Å². The van der Waals surface area contributed by atoms with Crippen molar-refractivity contribution < 1.29 is 37.0 Å². The lowest BCUT2D eigenvalue weighted by Crippen LogP contribution is -2.15. The van der Waals surface area contributed by atoms with Gasteiger partial charge >= 0.3 is 0 Å². The second-order valence-corrected chi connectivity index (χ2v) is 20.4. The Kier molecular flexibility index (Phi) is 3.90. The van der Waals surface area contributed by atoms with Crippen LogP contribution in [0.3, 0.4) is 0 Å². The number of rotatable bonds is 0. The van der Waals surface area contributed by atoms with Crippen molar-refractivity contribution in [3.63, 3.8) is 0 Å². The van der Waals surface area contributed by atoms with E-state index in [1.54, 1.807) is 45.2 Å². The van der Waals surface area contributed by atoms with Crippen molar-refractivity contribution in [2.24, 2.45) is 11.8 Å². The molecular formula is C64H48N2O2. The summed E-state index contributed by atoms with van der Waals surface area (Å²) in [5.41, 5.74) is -0.0541. The number of carbonyl (C=O) groups excluding carboxylic acids is 2. The molecule has 4 heterocycles. The first-order valence-corrected chi connectivity index (χ1v) is 24.0. The molecule has 0 radical (unpaired) electrons. The zero-order chi connectivity index (χ0) is 61.8. The van der Waals surface area contributed by atoms with E-state index in [4.69, 9.17) is 0 Å². The highest BCUT2D eigenvalue weighted by molar-refractivity contribution is 6.33. The van der Waals surface area contributed by atoms with Crippen molar-refractivity contribution in [1.82, 2.24) is 8.80 Å². The summed E-state index contributed by atoms with van der Waals surface area (Å²) in [7, 11) is 0. The van der Waals surface area contributed by atoms with E-state index in [1.807, 2.05) is 0 Å². The van der Waals surface area contributed by atoms with Crippen LogP contribution in [0.5, 0.6) is 0 Å². The second-order valence-electron chi connectivity index (χ2n) is 20.4. The van der Waals surface area contributed by atoms with Crippen molar-refractivity contribution in [2.75, 3.05) is 0 Å². The summed E-state index contributed by atoms with van der Waals surface area (Å²) in [5, 5.41) is 1.43. The van der Waals surface area contributed by atoms with Gasteiger partial charge in [0, 0.05) is 93.4 Å². The molecule has 2 fully saturated rings. The summed E-state index contributed by atoms with van der Waals surface area (Å²) in [6.45, 7) is 0. The Morgan fingerprint density at radius 2 is 0.721 bits per heavy atom. The largest absolute Gasteiger partial charge is 0.308 e. The van der Waals surface area contributed by atoms with E-state index in [2.05, 4.69) is 0 Å². The number of fused-ring (bicyclic) bond motifs is 20. The Hall–Kier alpha value is -6.52. The molecule has 4 bridgehead atoms. The fourth-order valence-electron chi connectivity index (χ4n) is 14.6. The van der Waals surface area contributed by atoms with E-state index in [0.717, 1.165) is 0 Å². The monoisotopic (exact) mass is 896 g/mol. The maximum Gasteiger partial charge on any atom is 0.166 e. The fraction of sp³-hybridized carbons (Fsp3) is 0.312. The summed E-state index contributed by atoms with van der Waals surface area (Å²) in [6.07, 6.45) is -22.5. The standard InChI is InChI=1S/C64H48N2O2/c67-63-35-11-7-29(8-12-35)41-23-45-49(25-43(41)63)65-51-28-48-52(27-47(51)59-39-21-17-33-5-1-3-31-15-19-37(55(39)53(31)33)57(45)61(59)65)66-50-26-44-42(30-9-13-36(14-10-30)64(44)68)24-46(50)58-38-20-16-32-4-2-6-34-18-22-40(56(38)54(32)34)60(48)62(58)66/h1-6,23-30,35-36H,7-22H2/i15D2,16D2,17D2,18D2,19D2,20D2,21D2,22D2,29D,30D,35D,36D. The van der Waals surface area contributed by atoms with Crippen molar-refractivity contribution in [3.05, 3.63) is 140 Å². The predicted octanol–water partition coefficient (Wildman–Crippen LogP) is 14.7. The molecule has 10 aliphatic carbocycles. The molecule has 4 nitrogen and oxygen atoms in total. The number of hydrogen-bond donors (Lipinski definition) is 0. The number of Topliss-reactive ketones (excluding diaryl/α,β-unsaturated/α-hetero) is 2. The summed E-state index contributed by atoms with van der Waals surface area (Å²) in [5.74, 6) is -6.94. The predicted molar refractivity (Wildman–Crippen MR) is 274 cm³/mol. The molecule has 0 amide bonds. The molecule has 4 heteroatoms. The van der Waals surface area contributed by atoms with Crippen LogP contribution in [0.15, 0.2) is 72.8 Å². The first-order chi connectivity index (χ1) is 41.0. The number of ketones is 2. The minimum Gasteiger partial charge on any atom is -0.308 e. The van der Waals surface area contributed by atoms with Gasteiger partial charge in [-0.2, -0.15) is 0 Å². The molecule has 0 aliphatic heterocycles. The van der Waals surface area contributed by atoms with E-state index in [-0.39, 0.29) is 205 Å². The third kappa shape index (κ3) is 3.86. The van der Waals surface area contributed by atoms with Crippen molar-refractivity contribution in [3.8, 4) is 22.3 Å². The van der Waals surface area contributed by atoms with E-state index >= 15 is 9.59 Å². The average Bonchev–Trinajstić information content (AvgIpc) is 1.25. The molecular weight excluding hydrogens is 829 g/mol. The summed E-state index contributed by atoms with van der Waals surface area (Å²) >= 11 is 0. The Morgan fingerprint density at radius 1 is 0.397 bits per heavy atom. The van der Waals surface area contributed by atoms with E-state index in [1.165, 1.54) is 36.4 Å². The molecule has 0 atom stereocenters. The number of aromatic nitrogens is 2. The van der Waals surface area contributed by atoms with E-state index < -0.39 is 86.1 Å². The number of aryl methyl sites for hydroxylation is 8. The Morgan fingerprint density at radius 3 is 1.09 bits per heavy atom. The van der Waals surface area contributed by atoms with Gasteiger partial charge in [-0.25, -0.2) is 0 Å². The van der Waals surface area contributed by atoms with Gasteiger partial charge < -0.3 is 8.80 Å². The van der Waals surface area contributed by atoms with Gasteiger partial charge in [0.05, 0.1) is 33.1 Å². The molecule has 10 aliphatic rings. The molecule has 0 spiro atoms. The van der Waals surface area contributed by atoms with Gasteiger partial charge in [-0.3, -0.25) is 9.59 Å². The van der Waals surface area contributed by atoms with E-state index in [9.17, 15) is 27.4 Å². The Balaban J connectivity index is 1.10. The molecule has 2 saturated carbocycles. The maximum absolute atomic E-state index is 15.0. The molecule has 68 heavy (non-hydrogen) atoms. The van der Waals surface area contributed by atoms with Crippen LogP contribution in [0.4, 0.5) is 0 Å². The smallest absolute Gasteiger partial charge is 0.166 e. The van der Waals surface area contributed by atoms with Gasteiger partial charge in [0.2, 0.25) is 0 Å². The summed E-state index contributed by atoms with van der Waals surface area (Å²) in [6, 6.07) is 18.2. The minimum absolute atomic E-state index is 0.0165. The minimum atomic E-state index is -3.03. The van der Waals surface area contributed by atoms with Crippen LogP contribution in [0, 0.1) is 11.8 Å². The zero-order valence-corrected chi connectivity index (χ0v) is 36.3. The molecule has 4 aromatic heterocycles. The maximum atomic E-state index is 15.0. The van der Waals surface area contributed by atoms with Crippen molar-refractivity contribution >= 4 is 87.8 Å². The first-order valence-electron chi connectivity index (χ1n) is 34.0. The number of hydrogen-bond acceptors (Lipinski definition) is 2. The third-order valence-electron chi connectivity index (χ3n) is 17.5. The third-order valence-corrected chi connectivity index (χ3v) is 17.5. The van der Waals surface area contributed by atoms with Gasteiger partial charge in [-0.1, -0.05) is 36.4 Å². The quantitative estimate of drug-likeness (QED) is 0.152. The van der Waals surface area contributed by atoms with Crippen molar-refractivity contribution in [1.29, 1.82) is 0 Å². The first kappa shape index (κ1) is 22.7. The summed E-state index contributed by atoms with van der Waals surface area (Å²) < 4.78 is 202. The average molecular weight is 897 g/mol. The Bertz CT molecular complexity index is 5000. The highest BCUT2D eigenvalue weighted by Crippen LogP contribution is 2.58. The van der Waals surface area contributed by atoms with Gasteiger partial charge in [0.25, 0.3) is 0 Å². The fourth-order valence-corrected chi connectivity index (χ4v) is 14.6. The van der Waals surface area contributed by atoms with Crippen LogP contribution in [0.2, 0.25) is 0 Å². The number of carbonyl (C=O) groups is 2. The van der Waals surface area contributed by atoms with Gasteiger partial charge in [0.15, 0.2) is 11.6 Å². The highest BCUT2D eigenvalue weighted by Gasteiger charge is 2.41. The lowest BCUT2D eigenvalue weighted by Gasteiger charge is -2.30. The molecule has 326 valence electrons. The second kappa shape index (κ2) is 11.7. The van der Waals surface area contributed by atoms with Gasteiger partial charge in [0.1, 0.15) is 0 Å². The van der Waals surface area contributed by atoms with Crippen LogP contribution in [-0.4, -0.2) is 20.4 Å². The lowest BCUT2D eigenvalue weighted by molar-refractivity contribution is 0.0891. The van der Waals surface area contributed by atoms with Crippen LogP contribution in [-0.2, 0) is 51.0 Å².